The number of aromatic nitrogens is 5. The SMILES string of the molecule is FC(F)(F)c1cccc(-n2ncnc2CCCn2cccn2)c1. The van der Waals surface area contributed by atoms with Crippen molar-refractivity contribution >= 4 is 0 Å². The van der Waals surface area contributed by atoms with Crippen LogP contribution in [0.2, 0.25) is 0 Å². The van der Waals surface area contributed by atoms with E-state index in [1.165, 1.54) is 17.1 Å². The Labute approximate surface area is 130 Å². The zero-order valence-electron chi connectivity index (χ0n) is 12.1. The lowest BCUT2D eigenvalue weighted by molar-refractivity contribution is -0.137. The molecular weight excluding hydrogens is 307 g/mol. The molecule has 0 spiro atoms. The van der Waals surface area contributed by atoms with Gasteiger partial charge in [-0.25, -0.2) is 9.67 Å². The van der Waals surface area contributed by atoms with Gasteiger partial charge in [0.05, 0.1) is 11.3 Å². The van der Waals surface area contributed by atoms with Crippen LogP contribution >= 0.6 is 0 Å². The fraction of sp³-hybridized carbons (Fsp3) is 0.267. The van der Waals surface area contributed by atoms with E-state index in [-0.39, 0.29) is 0 Å². The molecule has 1 aromatic carbocycles. The first-order valence-electron chi connectivity index (χ1n) is 7.08. The van der Waals surface area contributed by atoms with Crippen molar-refractivity contribution in [2.75, 3.05) is 0 Å². The molecule has 0 aliphatic carbocycles. The van der Waals surface area contributed by atoms with E-state index >= 15 is 0 Å². The molecule has 0 N–H and O–H groups in total. The number of alkyl halides is 3. The van der Waals surface area contributed by atoms with E-state index in [4.69, 9.17) is 0 Å². The minimum absolute atomic E-state index is 0.353. The summed E-state index contributed by atoms with van der Waals surface area (Å²) < 4.78 is 41.7. The number of hydrogen-bond acceptors (Lipinski definition) is 3. The Bertz CT molecular complexity index is 762. The second-order valence-electron chi connectivity index (χ2n) is 5.01. The molecule has 3 rings (SSSR count). The smallest absolute Gasteiger partial charge is 0.273 e. The molecule has 0 radical (unpaired) electrons. The highest BCUT2D eigenvalue weighted by Crippen LogP contribution is 2.30. The van der Waals surface area contributed by atoms with Crippen LogP contribution in [0.3, 0.4) is 0 Å². The van der Waals surface area contributed by atoms with Crippen LogP contribution in [0.5, 0.6) is 0 Å². The number of rotatable bonds is 5. The predicted molar refractivity (Wildman–Crippen MR) is 76.9 cm³/mol. The zero-order chi connectivity index (χ0) is 16.3. The van der Waals surface area contributed by atoms with Crippen molar-refractivity contribution in [1.29, 1.82) is 0 Å². The molecule has 5 nitrogen and oxygen atoms in total. The van der Waals surface area contributed by atoms with Gasteiger partial charge in [-0.2, -0.15) is 23.4 Å². The largest absolute Gasteiger partial charge is 0.416 e. The molecule has 0 saturated heterocycles. The summed E-state index contributed by atoms with van der Waals surface area (Å²) >= 11 is 0. The lowest BCUT2D eigenvalue weighted by Crippen LogP contribution is -2.09. The van der Waals surface area contributed by atoms with Crippen molar-refractivity contribution in [3.63, 3.8) is 0 Å². The van der Waals surface area contributed by atoms with Crippen LogP contribution in [0.1, 0.15) is 17.8 Å². The summed E-state index contributed by atoms with van der Waals surface area (Å²) in [6.07, 6.45) is 1.89. The van der Waals surface area contributed by atoms with Gasteiger partial charge in [-0.1, -0.05) is 6.07 Å². The van der Waals surface area contributed by atoms with Gasteiger partial charge in [0, 0.05) is 25.4 Å². The average Bonchev–Trinajstić information content (AvgIpc) is 3.18. The maximum Gasteiger partial charge on any atom is 0.416 e. The van der Waals surface area contributed by atoms with Gasteiger partial charge in [-0.3, -0.25) is 4.68 Å². The summed E-state index contributed by atoms with van der Waals surface area (Å²) in [5.74, 6) is 0.622. The summed E-state index contributed by atoms with van der Waals surface area (Å²) in [5, 5.41) is 8.14. The van der Waals surface area contributed by atoms with Crippen LogP contribution in [-0.4, -0.2) is 24.5 Å². The van der Waals surface area contributed by atoms with Gasteiger partial charge in [0.1, 0.15) is 12.2 Å². The molecule has 3 aromatic rings. The van der Waals surface area contributed by atoms with Crippen LogP contribution in [0.25, 0.3) is 5.69 Å². The third-order valence-corrected chi connectivity index (χ3v) is 3.38. The van der Waals surface area contributed by atoms with Gasteiger partial charge in [0.2, 0.25) is 0 Å². The molecule has 23 heavy (non-hydrogen) atoms. The molecule has 0 saturated carbocycles. The molecule has 0 aliphatic heterocycles. The van der Waals surface area contributed by atoms with Crippen LogP contribution in [-0.2, 0) is 19.1 Å². The molecule has 0 atom stereocenters. The van der Waals surface area contributed by atoms with E-state index in [1.54, 1.807) is 16.9 Å². The van der Waals surface area contributed by atoms with Crippen LogP contribution in [0, 0.1) is 0 Å². The van der Waals surface area contributed by atoms with Gasteiger partial charge >= 0.3 is 6.18 Å². The predicted octanol–water partition coefficient (Wildman–Crippen LogP) is 3.12. The highest BCUT2D eigenvalue weighted by Gasteiger charge is 2.30. The number of halogens is 3. The van der Waals surface area contributed by atoms with E-state index in [9.17, 15) is 13.2 Å². The second-order valence-corrected chi connectivity index (χ2v) is 5.01. The number of nitrogens with zero attached hydrogens (tertiary/aromatic N) is 5. The molecule has 2 aromatic heterocycles. The number of aryl methyl sites for hydroxylation is 2. The average molecular weight is 321 g/mol. The normalized spacial score (nSPS) is 11.8. The zero-order valence-corrected chi connectivity index (χ0v) is 12.1. The van der Waals surface area contributed by atoms with Gasteiger partial charge < -0.3 is 0 Å². The fourth-order valence-electron chi connectivity index (χ4n) is 2.30. The third-order valence-electron chi connectivity index (χ3n) is 3.38. The summed E-state index contributed by atoms with van der Waals surface area (Å²) in [6, 6.07) is 6.91. The Kier molecular flexibility index (Phi) is 4.14. The second kappa shape index (κ2) is 6.23. The fourth-order valence-corrected chi connectivity index (χ4v) is 2.30. The van der Waals surface area contributed by atoms with Crippen molar-refractivity contribution in [2.45, 2.75) is 25.6 Å². The van der Waals surface area contributed by atoms with E-state index in [1.807, 2.05) is 12.3 Å². The third kappa shape index (κ3) is 3.58. The van der Waals surface area contributed by atoms with E-state index in [0.29, 0.717) is 24.5 Å². The maximum atomic E-state index is 12.8. The topological polar surface area (TPSA) is 48.5 Å². The molecule has 0 amide bonds. The molecule has 0 aliphatic rings. The molecule has 120 valence electrons. The Morgan fingerprint density at radius 1 is 1.09 bits per heavy atom. The van der Waals surface area contributed by atoms with Crippen molar-refractivity contribution in [3.8, 4) is 5.69 Å². The minimum atomic E-state index is -4.38. The van der Waals surface area contributed by atoms with Crippen molar-refractivity contribution in [1.82, 2.24) is 24.5 Å². The molecule has 0 fully saturated rings. The van der Waals surface area contributed by atoms with E-state index < -0.39 is 11.7 Å². The quantitative estimate of drug-likeness (QED) is 0.725. The Morgan fingerprint density at radius 2 is 1.96 bits per heavy atom. The summed E-state index contributed by atoms with van der Waals surface area (Å²) in [6.45, 7) is 0.711. The Balaban J connectivity index is 1.75. The minimum Gasteiger partial charge on any atom is -0.273 e. The van der Waals surface area contributed by atoms with Crippen LogP contribution < -0.4 is 0 Å². The highest BCUT2D eigenvalue weighted by atomic mass is 19.4. The standard InChI is InChI=1S/C15H14F3N5/c16-15(17,18)12-4-1-5-13(10-12)23-14(19-11-21-23)6-2-8-22-9-3-7-20-22/h1,3-5,7,9-11H,2,6,8H2. The first kappa shape index (κ1) is 15.3. The molecule has 0 unspecified atom stereocenters. The summed E-state index contributed by atoms with van der Waals surface area (Å²) in [4.78, 5) is 4.14. The van der Waals surface area contributed by atoms with E-state index in [2.05, 4.69) is 15.2 Å². The molecule has 2 heterocycles. The lowest BCUT2D eigenvalue weighted by atomic mass is 10.2. The number of hydrogen-bond donors (Lipinski definition) is 0. The Morgan fingerprint density at radius 3 is 2.70 bits per heavy atom. The van der Waals surface area contributed by atoms with Crippen molar-refractivity contribution < 1.29 is 13.2 Å². The summed E-state index contributed by atoms with van der Waals surface area (Å²) in [5.41, 5.74) is -0.348. The maximum absolute atomic E-state index is 12.8. The summed E-state index contributed by atoms with van der Waals surface area (Å²) in [7, 11) is 0. The van der Waals surface area contributed by atoms with Gasteiger partial charge in [-0.15, -0.1) is 0 Å². The van der Waals surface area contributed by atoms with E-state index in [0.717, 1.165) is 18.6 Å². The molecular formula is C15H14F3N5. The highest BCUT2D eigenvalue weighted by molar-refractivity contribution is 5.36. The van der Waals surface area contributed by atoms with Crippen molar-refractivity contribution in [3.05, 3.63) is 60.4 Å². The molecule has 8 heteroatoms. The van der Waals surface area contributed by atoms with Crippen LogP contribution in [0.15, 0.2) is 49.1 Å². The lowest BCUT2D eigenvalue weighted by Gasteiger charge is -2.10. The Hall–Kier alpha value is -2.64. The van der Waals surface area contributed by atoms with Crippen LogP contribution in [0.4, 0.5) is 13.2 Å². The van der Waals surface area contributed by atoms with Gasteiger partial charge in [0.15, 0.2) is 0 Å². The van der Waals surface area contributed by atoms with Gasteiger partial charge in [-0.05, 0) is 30.7 Å². The first-order valence-corrected chi connectivity index (χ1v) is 7.08. The molecule has 0 bridgehead atoms. The first-order chi connectivity index (χ1) is 11.0. The van der Waals surface area contributed by atoms with Gasteiger partial charge in [0.25, 0.3) is 0 Å². The monoisotopic (exact) mass is 321 g/mol. The number of benzene rings is 1. The van der Waals surface area contributed by atoms with Crippen molar-refractivity contribution in [2.24, 2.45) is 0 Å².